The monoisotopic (exact) mass is 403 g/mol. The number of sulfone groups is 1. The molecule has 0 saturated carbocycles. The Hall–Kier alpha value is -1.72. The second-order valence-electron chi connectivity index (χ2n) is 6.77. The fraction of sp³-hybridized carbons (Fsp3) is 0.294. The molecule has 0 aromatic carbocycles. The summed E-state index contributed by atoms with van der Waals surface area (Å²) in [6, 6.07) is 5.13. The van der Waals surface area contributed by atoms with Crippen LogP contribution in [0.1, 0.15) is 19.4 Å². The summed E-state index contributed by atoms with van der Waals surface area (Å²) in [6.07, 6.45) is 3.39. The molecule has 1 aromatic heterocycles. The van der Waals surface area contributed by atoms with Gasteiger partial charge in [0.1, 0.15) is 18.8 Å². The molecule has 0 radical (unpaired) electrons. The number of pyridine rings is 2. The highest BCUT2D eigenvalue weighted by Crippen LogP contribution is 2.36. The average molecular weight is 403 g/mol. The highest BCUT2D eigenvalue weighted by Gasteiger charge is 2.26. The molecule has 2 aliphatic rings. The molecule has 0 spiro atoms. The Labute approximate surface area is 163 Å². The molecule has 5 nitrogen and oxygen atoms in total. The van der Waals surface area contributed by atoms with Crippen molar-refractivity contribution in [2.45, 2.75) is 30.6 Å². The minimum Gasteiger partial charge on any atom is -0.346 e. The molecule has 1 aromatic rings. The van der Waals surface area contributed by atoms with E-state index in [0.717, 1.165) is 11.2 Å². The molecule has 3 heterocycles. The summed E-state index contributed by atoms with van der Waals surface area (Å²) in [5.74, 6) is -0.0161. The molecule has 0 amide bonds. The average Bonchev–Trinajstić information content (AvgIpc) is 3.04. The third kappa shape index (κ3) is 3.81. The lowest BCUT2D eigenvalue weighted by molar-refractivity contribution is 0.410. The summed E-state index contributed by atoms with van der Waals surface area (Å²) in [7, 11) is 2.00. The summed E-state index contributed by atoms with van der Waals surface area (Å²) in [5.41, 5.74) is 3.48. The minimum atomic E-state index is -3.46. The second-order valence-corrected chi connectivity index (χ2v) is 10.1. The van der Waals surface area contributed by atoms with Crippen molar-refractivity contribution in [2.75, 3.05) is 5.75 Å². The van der Waals surface area contributed by atoms with Crippen LogP contribution in [0.25, 0.3) is 22.8 Å². The van der Waals surface area contributed by atoms with Gasteiger partial charge in [-0.05, 0) is 25.1 Å². The van der Waals surface area contributed by atoms with Crippen LogP contribution in [0.2, 0.25) is 0 Å². The minimum absolute atomic E-state index is 0.0161. The Morgan fingerprint density at radius 2 is 1.96 bits per heavy atom. The molecule has 0 N–H and O–H groups in total. The fourth-order valence-electron chi connectivity index (χ4n) is 2.96. The molecule has 2 atom stereocenters. The van der Waals surface area contributed by atoms with Crippen LogP contribution in [-0.2, 0) is 21.7 Å². The molecule has 27 heavy (non-hydrogen) atoms. The van der Waals surface area contributed by atoms with E-state index in [1.54, 1.807) is 39.3 Å². The van der Waals surface area contributed by atoms with Gasteiger partial charge in [0.15, 0.2) is 17.7 Å². The van der Waals surface area contributed by atoms with Gasteiger partial charge in [-0.1, -0.05) is 12.4 Å². The van der Waals surface area contributed by atoms with Crippen molar-refractivity contribution >= 4 is 40.2 Å². The van der Waals surface area contributed by atoms with Crippen LogP contribution in [0.3, 0.4) is 0 Å². The van der Waals surface area contributed by atoms with Gasteiger partial charge in [-0.25, -0.2) is 17.8 Å². The molecule has 0 aliphatic carbocycles. The molecule has 0 saturated heterocycles. The lowest BCUT2D eigenvalue weighted by Crippen LogP contribution is -2.14. The van der Waals surface area contributed by atoms with E-state index in [1.807, 2.05) is 17.6 Å². The lowest BCUT2D eigenvalue weighted by atomic mass is 9.93. The van der Waals surface area contributed by atoms with Crippen molar-refractivity contribution in [1.29, 1.82) is 0 Å². The highest BCUT2D eigenvalue weighted by atomic mass is 32.2. The van der Waals surface area contributed by atoms with Gasteiger partial charge < -0.3 is 4.57 Å². The molecule has 140 valence electrons. The van der Waals surface area contributed by atoms with Gasteiger partial charge in [-0.15, -0.1) is 9.24 Å². The van der Waals surface area contributed by atoms with Crippen molar-refractivity contribution in [2.24, 2.45) is 0 Å². The van der Waals surface area contributed by atoms with Crippen molar-refractivity contribution in [3.05, 3.63) is 36.2 Å². The molecule has 2 unspecified atom stereocenters. The van der Waals surface area contributed by atoms with Gasteiger partial charge in [0, 0.05) is 24.5 Å². The Kier molecular flexibility index (Phi) is 5.21. The molecule has 0 fully saturated rings. The van der Waals surface area contributed by atoms with E-state index >= 15 is 0 Å². The first kappa shape index (κ1) is 20.0. The van der Waals surface area contributed by atoms with Crippen molar-refractivity contribution in [3.63, 3.8) is 0 Å². The van der Waals surface area contributed by atoms with Crippen LogP contribution in [0.4, 0.5) is 4.39 Å². The van der Waals surface area contributed by atoms with Gasteiger partial charge in [0.25, 0.3) is 0 Å². The van der Waals surface area contributed by atoms with E-state index in [2.05, 4.69) is 19.2 Å². The molecule has 0 bridgehead atoms. The zero-order valence-electron chi connectivity index (χ0n) is 15.8. The zero-order valence-corrected chi connectivity index (χ0v) is 17.8. The largest absolute Gasteiger partial charge is 0.346 e. The summed E-state index contributed by atoms with van der Waals surface area (Å²) in [5, 5.41) is -1.58. The maximum absolute atomic E-state index is 14.4. The van der Waals surface area contributed by atoms with E-state index in [4.69, 9.17) is 0 Å². The van der Waals surface area contributed by atoms with Gasteiger partial charge in [-0.3, -0.25) is 4.98 Å². The van der Waals surface area contributed by atoms with Crippen LogP contribution in [-0.4, -0.2) is 44.4 Å². The Morgan fingerprint density at radius 3 is 2.56 bits per heavy atom. The number of aryl methyl sites for hydroxylation is 1. The quantitative estimate of drug-likeness (QED) is 0.465. The standard InChI is InChI=1S/C17H21B2FN3O2PS/c1-3-23-9-10(17(19,20)26)5-12-14(23)7-13(22-12)16-15(27(24,25)4-2)6-11(18)8-21-16/h5-9H,3-4,18-19,26H2,1-2H3. The fourth-order valence-corrected chi connectivity index (χ4v) is 4.24. The number of rotatable bonds is 5. The first-order valence-corrected chi connectivity index (χ1v) is 11.0. The van der Waals surface area contributed by atoms with E-state index < -0.39 is 15.1 Å². The normalized spacial score (nSPS) is 14.4. The second kappa shape index (κ2) is 7.02. The zero-order chi connectivity index (χ0) is 20.0. The van der Waals surface area contributed by atoms with Crippen molar-refractivity contribution < 1.29 is 12.8 Å². The van der Waals surface area contributed by atoms with Gasteiger partial charge in [0.05, 0.1) is 27.7 Å². The number of hydrogen-bond acceptors (Lipinski definition) is 4. The predicted octanol–water partition coefficient (Wildman–Crippen LogP) is 0.710. The highest BCUT2D eigenvalue weighted by molar-refractivity contribution is 7.91. The molecule has 3 rings (SSSR count). The van der Waals surface area contributed by atoms with Crippen LogP contribution in [0.15, 0.2) is 35.5 Å². The maximum atomic E-state index is 14.4. The first-order valence-electron chi connectivity index (χ1n) is 8.75. The van der Waals surface area contributed by atoms with Crippen LogP contribution < -0.4 is 5.46 Å². The third-order valence-electron chi connectivity index (χ3n) is 4.53. The third-order valence-corrected chi connectivity index (χ3v) is 6.60. The van der Waals surface area contributed by atoms with Gasteiger partial charge in [-0.2, -0.15) is 0 Å². The van der Waals surface area contributed by atoms with E-state index in [9.17, 15) is 12.8 Å². The van der Waals surface area contributed by atoms with Crippen LogP contribution >= 0.6 is 9.24 Å². The van der Waals surface area contributed by atoms with Gasteiger partial charge in [0.2, 0.25) is 0 Å². The summed E-state index contributed by atoms with van der Waals surface area (Å²) < 4.78 is 41.4. The number of halogens is 1. The molecule has 2 aliphatic heterocycles. The molecule has 10 heteroatoms. The topological polar surface area (TPSA) is 64.8 Å². The number of alkyl halides is 1. The smallest absolute Gasteiger partial charge is 0.180 e. The van der Waals surface area contributed by atoms with E-state index in [0.29, 0.717) is 29.2 Å². The van der Waals surface area contributed by atoms with Gasteiger partial charge >= 0.3 is 0 Å². The SMILES string of the molecule is Bc1cnc(-c2cc3n(CC)cc(C(B)(F)P)cc-3n2)c(S(=O)(=O)CC)c1. The summed E-state index contributed by atoms with van der Waals surface area (Å²) in [4.78, 5) is 9.11. The number of fused-ring (bicyclic) bond motifs is 1. The molecular formula is C17H21B2FN3O2PS. The number of aromatic nitrogens is 3. The molecular weight excluding hydrogens is 382 g/mol. The lowest BCUT2D eigenvalue weighted by Gasteiger charge is -2.19. The van der Waals surface area contributed by atoms with E-state index in [-0.39, 0.29) is 10.6 Å². The summed E-state index contributed by atoms with van der Waals surface area (Å²) in [6.45, 7) is 4.21. The van der Waals surface area contributed by atoms with Crippen LogP contribution in [0, 0.1) is 0 Å². The predicted molar refractivity (Wildman–Crippen MR) is 115 cm³/mol. The van der Waals surface area contributed by atoms with E-state index in [1.165, 1.54) is 7.85 Å². The Morgan fingerprint density at radius 1 is 1.26 bits per heavy atom. The summed E-state index contributed by atoms with van der Waals surface area (Å²) >= 11 is 0. The van der Waals surface area contributed by atoms with Crippen molar-refractivity contribution in [3.8, 4) is 22.8 Å². The maximum Gasteiger partial charge on any atom is 0.180 e. The van der Waals surface area contributed by atoms with Crippen LogP contribution in [0.5, 0.6) is 0 Å². The first-order chi connectivity index (χ1) is 12.6. The Balaban J connectivity index is 2.28. The number of hydrogen-bond donors (Lipinski definition) is 0. The Bertz CT molecular complexity index is 1080. The number of nitrogens with zero attached hydrogens (tertiary/aromatic N) is 3. The van der Waals surface area contributed by atoms with Crippen molar-refractivity contribution in [1.82, 2.24) is 14.5 Å².